The first-order valence-electron chi connectivity index (χ1n) is 7.39. The standard InChI is InChI=1S/C18H16N4O2/c1-21(2)9-7-16(23)18-17(24)8-10-22(20-18)14-11-13-5-3-4-6-15(13)19-12-14/h3-12H,1-2H3/b9-7+. The predicted molar refractivity (Wildman–Crippen MR) is 92.3 cm³/mol. The molecule has 1 aromatic carbocycles. The van der Waals surface area contributed by atoms with Crippen molar-refractivity contribution >= 4 is 16.7 Å². The Morgan fingerprint density at radius 2 is 2.00 bits per heavy atom. The van der Waals surface area contributed by atoms with Crippen molar-refractivity contribution in [2.24, 2.45) is 0 Å². The van der Waals surface area contributed by atoms with E-state index in [0.717, 1.165) is 10.9 Å². The molecule has 2 aromatic heterocycles. The van der Waals surface area contributed by atoms with E-state index < -0.39 is 11.2 Å². The third-order valence-electron chi connectivity index (χ3n) is 3.41. The second-order valence-electron chi connectivity index (χ2n) is 5.50. The molecular formula is C18H16N4O2. The summed E-state index contributed by atoms with van der Waals surface area (Å²) in [6, 6.07) is 10.9. The van der Waals surface area contributed by atoms with Crippen molar-refractivity contribution in [1.82, 2.24) is 19.7 Å². The van der Waals surface area contributed by atoms with Crippen LogP contribution in [0.2, 0.25) is 0 Å². The Bertz CT molecular complexity index is 989. The Morgan fingerprint density at radius 3 is 2.79 bits per heavy atom. The topological polar surface area (TPSA) is 68.1 Å². The molecule has 0 amide bonds. The maximum atomic E-state index is 12.2. The molecule has 6 nitrogen and oxygen atoms in total. The highest BCUT2D eigenvalue weighted by Crippen LogP contribution is 2.14. The van der Waals surface area contributed by atoms with Crippen LogP contribution in [-0.2, 0) is 0 Å². The molecule has 0 aliphatic heterocycles. The quantitative estimate of drug-likeness (QED) is 0.543. The third kappa shape index (κ3) is 3.22. The summed E-state index contributed by atoms with van der Waals surface area (Å²) < 4.78 is 1.48. The Hall–Kier alpha value is -3.28. The van der Waals surface area contributed by atoms with E-state index in [1.54, 1.807) is 31.4 Å². The zero-order chi connectivity index (χ0) is 17.1. The number of benzene rings is 1. The molecule has 0 spiro atoms. The van der Waals surface area contributed by atoms with Crippen molar-refractivity contribution in [3.8, 4) is 5.69 Å². The lowest BCUT2D eigenvalue weighted by Crippen LogP contribution is -2.20. The zero-order valence-electron chi connectivity index (χ0n) is 13.4. The molecule has 0 atom stereocenters. The molecule has 0 unspecified atom stereocenters. The Labute approximate surface area is 138 Å². The Kier molecular flexibility index (Phi) is 4.20. The molecule has 120 valence electrons. The van der Waals surface area contributed by atoms with Gasteiger partial charge in [-0.15, -0.1) is 0 Å². The van der Waals surface area contributed by atoms with Crippen LogP contribution in [0.5, 0.6) is 0 Å². The highest BCUT2D eigenvalue weighted by atomic mass is 16.1. The molecule has 3 rings (SSSR count). The number of fused-ring (bicyclic) bond motifs is 1. The normalized spacial score (nSPS) is 11.1. The molecule has 0 aliphatic carbocycles. The second-order valence-corrected chi connectivity index (χ2v) is 5.50. The lowest BCUT2D eigenvalue weighted by Gasteiger charge is -2.07. The minimum Gasteiger partial charge on any atom is -0.383 e. The van der Waals surface area contributed by atoms with E-state index in [-0.39, 0.29) is 5.69 Å². The number of hydrogen-bond acceptors (Lipinski definition) is 5. The summed E-state index contributed by atoms with van der Waals surface area (Å²) in [5.74, 6) is -0.434. The van der Waals surface area contributed by atoms with Crippen LogP contribution >= 0.6 is 0 Å². The monoisotopic (exact) mass is 320 g/mol. The van der Waals surface area contributed by atoms with Crippen LogP contribution in [0.15, 0.2) is 65.9 Å². The summed E-state index contributed by atoms with van der Waals surface area (Å²) in [6.45, 7) is 0. The molecule has 0 saturated carbocycles. The van der Waals surface area contributed by atoms with E-state index in [9.17, 15) is 9.59 Å². The van der Waals surface area contributed by atoms with E-state index in [0.29, 0.717) is 5.69 Å². The van der Waals surface area contributed by atoms with Crippen LogP contribution in [0.3, 0.4) is 0 Å². The van der Waals surface area contributed by atoms with Gasteiger partial charge < -0.3 is 4.90 Å². The summed E-state index contributed by atoms with van der Waals surface area (Å²) in [5, 5.41) is 5.13. The van der Waals surface area contributed by atoms with Gasteiger partial charge in [0.2, 0.25) is 11.2 Å². The number of rotatable bonds is 4. The number of para-hydroxylation sites is 1. The van der Waals surface area contributed by atoms with Gasteiger partial charge in [-0.1, -0.05) is 18.2 Å². The lowest BCUT2D eigenvalue weighted by molar-refractivity contribution is 0.103. The molecule has 24 heavy (non-hydrogen) atoms. The van der Waals surface area contributed by atoms with Gasteiger partial charge in [0.15, 0.2) is 5.69 Å². The molecule has 0 radical (unpaired) electrons. The number of carbonyl (C=O) groups is 1. The molecular weight excluding hydrogens is 304 g/mol. The van der Waals surface area contributed by atoms with Gasteiger partial charge in [0.05, 0.1) is 17.4 Å². The number of aromatic nitrogens is 3. The molecule has 0 N–H and O–H groups in total. The Balaban J connectivity index is 2.03. The zero-order valence-corrected chi connectivity index (χ0v) is 13.4. The second kappa shape index (κ2) is 6.45. The largest absolute Gasteiger partial charge is 0.383 e. The third-order valence-corrected chi connectivity index (χ3v) is 3.41. The molecule has 0 fully saturated rings. The van der Waals surface area contributed by atoms with Crippen molar-refractivity contribution < 1.29 is 4.79 Å². The van der Waals surface area contributed by atoms with E-state index in [1.807, 2.05) is 30.3 Å². The first-order chi connectivity index (χ1) is 11.5. The molecule has 0 saturated heterocycles. The summed E-state index contributed by atoms with van der Waals surface area (Å²) in [4.78, 5) is 30.2. The Morgan fingerprint density at radius 1 is 1.21 bits per heavy atom. The van der Waals surface area contributed by atoms with Gasteiger partial charge >= 0.3 is 0 Å². The summed E-state index contributed by atoms with van der Waals surface area (Å²) in [7, 11) is 3.59. The highest BCUT2D eigenvalue weighted by molar-refractivity contribution is 6.02. The fourth-order valence-corrected chi connectivity index (χ4v) is 2.20. The van der Waals surface area contributed by atoms with Gasteiger partial charge in [-0.3, -0.25) is 14.6 Å². The molecule has 3 aromatic rings. The predicted octanol–water partition coefficient (Wildman–Crippen LogP) is 2.04. The molecule has 0 bridgehead atoms. The summed E-state index contributed by atoms with van der Waals surface area (Å²) in [6.07, 6.45) is 6.09. The minimum atomic E-state index is -0.434. The molecule has 0 aliphatic rings. The molecule has 6 heteroatoms. The van der Waals surface area contributed by atoms with Crippen molar-refractivity contribution in [1.29, 1.82) is 0 Å². The van der Waals surface area contributed by atoms with Gasteiger partial charge in [-0.05, 0) is 12.1 Å². The van der Waals surface area contributed by atoms with Gasteiger partial charge in [0, 0.05) is 44.0 Å². The number of allylic oxidation sites excluding steroid dienone is 1. The fourth-order valence-electron chi connectivity index (χ4n) is 2.20. The van der Waals surface area contributed by atoms with Crippen molar-refractivity contribution in [3.63, 3.8) is 0 Å². The minimum absolute atomic E-state index is 0.122. The van der Waals surface area contributed by atoms with Crippen LogP contribution in [-0.4, -0.2) is 39.5 Å². The van der Waals surface area contributed by atoms with Crippen LogP contribution < -0.4 is 5.43 Å². The maximum absolute atomic E-state index is 12.2. The number of ketones is 1. The van der Waals surface area contributed by atoms with Crippen LogP contribution in [0.25, 0.3) is 16.6 Å². The SMILES string of the molecule is CN(C)/C=C/C(=O)c1nn(-c2cnc3ccccc3c2)ccc1=O. The van der Waals surface area contributed by atoms with Gasteiger partial charge in [-0.2, -0.15) is 5.10 Å². The van der Waals surface area contributed by atoms with E-state index in [2.05, 4.69) is 10.1 Å². The number of pyridine rings is 1. The lowest BCUT2D eigenvalue weighted by atomic mass is 10.2. The smallest absolute Gasteiger partial charge is 0.211 e. The average Bonchev–Trinajstić information content (AvgIpc) is 2.59. The van der Waals surface area contributed by atoms with Crippen LogP contribution in [0.1, 0.15) is 10.5 Å². The maximum Gasteiger partial charge on any atom is 0.211 e. The van der Waals surface area contributed by atoms with E-state index >= 15 is 0 Å². The first kappa shape index (κ1) is 15.6. The fraction of sp³-hybridized carbons (Fsp3) is 0.111. The van der Waals surface area contributed by atoms with Gasteiger partial charge in [0.1, 0.15) is 0 Å². The van der Waals surface area contributed by atoms with Gasteiger partial charge in [-0.25, -0.2) is 4.68 Å². The molecule has 2 heterocycles. The van der Waals surface area contributed by atoms with Gasteiger partial charge in [0.25, 0.3) is 0 Å². The number of hydrogen-bond donors (Lipinski definition) is 0. The van der Waals surface area contributed by atoms with Crippen LogP contribution in [0.4, 0.5) is 0 Å². The summed E-state index contributed by atoms with van der Waals surface area (Å²) in [5.41, 5.74) is 1.02. The average molecular weight is 320 g/mol. The highest BCUT2D eigenvalue weighted by Gasteiger charge is 2.11. The number of carbonyl (C=O) groups excluding carboxylic acids is 1. The first-order valence-corrected chi connectivity index (χ1v) is 7.39. The number of nitrogens with zero attached hydrogens (tertiary/aromatic N) is 4. The summed E-state index contributed by atoms with van der Waals surface area (Å²) >= 11 is 0. The van der Waals surface area contributed by atoms with Crippen molar-refractivity contribution in [3.05, 3.63) is 77.0 Å². The van der Waals surface area contributed by atoms with E-state index in [4.69, 9.17) is 0 Å². The van der Waals surface area contributed by atoms with Crippen molar-refractivity contribution in [2.75, 3.05) is 14.1 Å². The van der Waals surface area contributed by atoms with Crippen LogP contribution in [0, 0.1) is 0 Å². The van der Waals surface area contributed by atoms with E-state index in [1.165, 1.54) is 23.0 Å². The van der Waals surface area contributed by atoms with Crippen molar-refractivity contribution in [2.45, 2.75) is 0 Å².